The fraction of sp³-hybridized carbons (Fsp3) is 0.200. The van der Waals surface area contributed by atoms with E-state index in [0.29, 0.717) is 16.3 Å². The summed E-state index contributed by atoms with van der Waals surface area (Å²) in [6.45, 7) is 0. The van der Waals surface area contributed by atoms with E-state index in [2.05, 4.69) is 0 Å². The van der Waals surface area contributed by atoms with Crippen molar-refractivity contribution in [1.29, 1.82) is 0 Å². The van der Waals surface area contributed by atoms with Gasteiger partial charge < -0.3 is 9.84 Å². The first-order chi connectivity index (χ1) is 9.54. The monoisotopic (exact) mass is 296 g/mol. The Bertz CT molecular complexity index is 660. The fourth-order valence-corrected chi connectivity index (χ4v) is 2.55. The zero-order valence-corrected chi connectivity index (χ0v) is 11.1. The summed E-state index contributed by atoms with van der Waals surface area (Å²) in [6.07, 6.45) is -1.41. The molecule has 2 atom stereocenters. The highest BCUT2D eigenvalue weighted by Crippen LogP contribution is 2.42. The molecule has 20 heavy (non-hydrogen) atoms. The number of benzene rings is 2. The Kier molecular flexibility index (Phi) is 3.36. The summed E-state index contributed by atoms with van der Waals surface area (Å²) in [5.74, 6) is -0.663. The normalized spacial score (nSPS) is 21.2. The SMILES string of the molecule is O[C@@H]1CC(c2cc(F)ccc2F)Oc2ccc(Cl)cc21. The number of hydrogen-bond acceptors (Lipinski definition) is 2. The molecule has 0 spiro atoms. The third-order valence-electron chi connectivity index (χ3n) is 3.34. The van der Waals surface area contributed by atoms with Crippen LogP contribution in [-0.2, 0) is 0 Å². The predicted octanol–water partition coefficient (Wildman–Crippen LogP) is 4.18. The van der Waals surface area contributed by atoms with E-state index in [0.717, 1.165) is 18.2 Å². The molecule has 5 heteroatoms. The van der Waals surface area contributed by atoms with Gasteiger partial charge in [-0.1, -0.05) is 11.6 Å². The van der Waals surface area contributed by atoms with E-state index >= 15 is 0 Å². The summed E-state index contributed by atoms with van der Waals surface area (Å²) in [5.41, 5.74) is 0.662. The molecule has 1 N–H and O–H groups in total. The van der Waals surface area contributed by atoms with Crippen LogP contribution in [0.25, 0.3) is 0 Å². The van der Waals surface area contributed by atoms with Crippen molar-refractivity contribution in [2.45, 2.75) is 18.6 Å². The zero-order chi connectivity index (χ0) is 14.3. The molecule has 0 saturated heterocycles. The highest BCUT2D eigenvalue weighted by molar-refractivity contribution is 6.30. The number of halogens is 3. The molecule has 0 radical (unpaired) electrons. The van der Waals surface area contributed by atoms with E-state index < -0.39 is 23.8 Å². The van der Waals surface area contributed by atoms with Gasteiger partial charge in [-0.25, -0.2) is 8.78 Å². The highest BCUT2D eigenvalue weighted by Gasteiger charge is 2.30. The Morgan fingerprint density at radius 1 is 1.10 bits per heavy atom. The molecule has 1 unspecified atom stereocenters. The molecule has 2 nitrogen and oxygen atoms in total. The molecule has 0 bridgehead atoms. The first kappa shape index (κ1) is 13.3. The van der Waals surface area contributed by atoms with Crippen LogP contribution in [0.2, 0.25) is 5.02 Å². The molecule has 1 heterocycles. The van der Waals surface area contributed by atoms with Gasteiger partial charge in [-0.05, 0) is 36.4 Å². The van der Waals surface area contributed by atoms with Gasteiger partial charge in [0.25, 0.3) is 0 Å². The van der Waals surface area contributed by atoms with Crippen molar-refractivity contribution in [2.75, 3.05) is 0 Å². The molecule has 0 aromatic heterocycles. The molecule has 3 rings (SSSR count). The molecular weight excluding hydrogens is 286 g/mol. The molecule has 2 aromatic carbocycles. The average molecular weight is 297 g/mol. The average Bonchev–Trinajstić information content (AvgIpc) is 2.42. The van der Waals surface area contributed by atoms with Gasteiger partial charge in [0.15, 0.2) is 0 Å². The van der Waals surface area contributed by atoms with E-state index in [-0.39, 0.29) is 12.0 Å². The largest absolute Gasteiger partial charge is 0.485 e. The Morgan fingerprint density at radius 2 is 1.90 bits per heavy atom. The molecule has 0 fully saturated rings. The van der Waals surface area contributed by atoms with Crippen LogP contribution in [-0.4, -0.2) is 5.11 Å². The van der Waals surface area contributed by atoms with Crippen molar-refractivity contribution in [1.82, 2.24) is 0 Å². The maximum absolute atomic E-state index is 13.8. The van der Waals surface area contributed by atoms with Crippen molar-refractivity contribution >= 4 is 11.6 Å². The molecule has 0 amide bonds. The van der Waals surface area contributed by atoms with E-state index in [9.17, 15) is 13.9 Å². The van der Waals surface area contributed by atoms with Gasteiger partial charge in [0.05, 0.1) is 6.10 Å². The maximum atomic E-state index is 13.8. The van der Waals surface area contributed by atoms with Crippen molar-refractivity contribution in [2.24, 2.45) is 0 Å². The van der Waals surface area contributed by atoms with Crippen LogP contribution in [0.4, 0.5) is 8.78 Å². The van der Waals surface area contributed by atoms with Crippen LogP contribution in [0, 0.1) is 11.6 Å². The highest BCUT2D eigenvalue weighted by atomic mass is 35.5. The number of aliphatic hydroxyl groups is 1. The van der Waals surface area contributed by atoms with Crippen molar-refractivity contribution in [3.63, 3.8) is 0 Å². The van der Waals surface area contributed by atoms with Gasteiger partial charge in [-0.3, -0.25) is 0 Å². The Morgan fingerprint density at radius 3 is 2.70 bits per heavy atom. The van der Waals surface area contributed by atoms with Crippen LogP contribution in [0.3, 0.4) is 0 Å². The summed E-state index contributed by atoms with van der Waals surface area (Å²) in [7, 11) is 0. The maximum Gasteiger partial charge on any atom is 0.130 e. The summed E-state index contributed by atoms with van der Waals surface area (Å²) >= 11 is 5.87. The molecule has 1 aliphatic rings. The minimum atomic E-state index is -0.829. The van der Waals surface area contributed by atoms with Crippen molar-refractivity contribution in [3.05, 3.63) is 64.2 Å². The minimum Gasteiger partial charge on any atom is -0.485 e. The van der Waals surface area contributed by atoms with Gasteiger partial charge in [0, 0.05) is 22.6 Å². The summed E-state index contributed by atoms with van der Waals surface area (Å²) in [5, 5.41) is 10.6. The lowest BCUT2D eigenvalue weighted by molar-refractivity contribution is 0.0638. The molecule has 2 aromatic rings. The van der Waals surface area contributed by atoms with Gasteiger partial charge in [-0.2, -0.15) is 0 Å². The van der Waals surface area contributed by atoms with E-state index in [4.69, 9.17) is 16.3 Å². The second-order valence-corrected chi connectivity index (χ2v) is 5.14. The number of aliphatic hydroxyl groups excluding tert-OH is 1. The molecule has 1 aliphatic heterocycles. The van der Waals surface area contributed by atoms with Gasteiger partial charge >= 0.3 is 0 Å². The predicted molar refractivity (Wildman–Crippen MR) is 70.8 cm³/mol. The summed E-state index contributed by atoms with van der Waals surface area (Å²) in [6, 6.07) is 8.04. The minimum absolute atomic E-state index is 0.102. The zero-order valence-electron chi connectivity index (χ0n) is 10.3. The molecular formula is C15H11ClF2O2. The molecule has 104 valence electrons. The lowest BCUT2D eigenvalue weighted by Gasteiger charge is -2.30. The van der Waals surface area contributed by atoms with Crippen molar-refractivity contribution in [3.8, 4) is 5.75 Å². The molecule has 0 saturated carbocycles. The topological polar surface area (TPSA) is 29.5 Å². The van der Waals surface area contributed by atoms with Gasteiger partial charge in [0.1, 0.15) is 23.5 Å². The molecule has 0 aliphatic carbocycles. The second-order valence-electron chi connectivity index (χ2n) is 4.71. The number of hydrogen-bond donors (Lipinski definition) is 1. The Balaban J connectivity index is 1.99. The van der Waals surface area contributed by atoms with Gasteiger partial charge in [0.2, 0.25) is 0 Å². The third kappa shape index (κ3) is 2.37. The van der Waals surface area contributed by atoms with Crippen LogP contribution >= 0.6 is 11.6 Å². The third-order valence-corrected chi connectivity index (χ3v) is 3.58. The quantitative estimate of drug-likeness (QED) is 0.855. The number of ether oxygens (including phenoxy) is 1. The smallest absolute Gasteiger partial charge is 0.130 e. The second kappa shape index (κ2) is 5.04. The first-order valence-corrected chi connectivity index (χ1v) is 6.51. The Labute approximate surface area is 119 Å². The van der Waals surface area contributed by atoms with Crippen LogP contribution in [0.5, 0.6) is 5.75 Å². The van der Waals surface area contributed by atoms with Gasteiger partial charge in [-0.15, -0.1) is 0 Å². The fourth-order valence-electron chi connectivity index (χ4n) is 2.37. The number of fused-ring (bicyclic) bond motifs is 1. The first-order valence-electron chi connectivity index (χ1n) is 6.13. The van der Waals surface area contributed by atoms with Crippen LogP contribution in [0.1, 0.15) is 29.8 Å². The lowest BCUT2D eigenvalue weighted by atomic mass is 9.94. The van der Waals surface area contributed by atoms with Crippen molar-refractivity contribution < 1.29 is 18.6 Å². The summed E-state index contributed by atoms with van der Waals surface area (Å²) < 4.78 is 32.7. The van der Waals surface area contributed by atoms with Crippen LogP contribution < -0.4 is 4.74 Å². The summed E-state index contributed by atoms with van der Waals surface area (Å²) in [4.78, 5) is 0. The lowest BCUT2D eigenvalue weighted by Crippen LogP contribution is -2.20. The number of rotatable bonds is 1. The van der Waals surface area contributed by atoms with E-state index in [1.54, 1.807) is 18.2 Å². The van der Waals surface area contributed by atoms with Crippen LogP contribution in [0.15, 0.2) is 36.4 Å². The van der Waals surface area contributed by atoms with E-state index in [1.165, 1.54) is 0 Å². The standard InChI is InChI=1S/C15H11ClF2O2/c16-8-1-4-14-11(5-8)13(19)7-15(20-14)10-6-9(17)2-3-12(10)18/h1-6,13,15,19H,7H2/t13-,15?/m1/s1. The van der Waals surface area contributed by atoms with E-state index in [1.807, 2.05) is 0 Å². The Hall–Kier alpha value is -1.65.